The number of benzene rings is 2. The summed E-state index contributed by atoms with van der Waals surface area (Å²) in [5.74, 6) is -2.95. The zero-order chi connectivity index (χ0) is 33.3. The van der Waals surface area contributed by atoms with E-state index in [1.807, 2.05) is 56.6 Å². The molecule has 47 heavy (non-hydrogen) atoms. The number of hydrogen-bond donors (Lipinski definition) is 2. The molecule has 4 aromatic rings. The van der Waals surface area contributed by atoms with E-state index in [0.29, 0.717) is 13.2 Å². The van der Waals surface area contributed by atoms with Gasteiger partial charge in [-0.25, -0.2) is 0 Å². The van der Waals surface area contributed by atoms with E-state index < -0.39 is 5.92 Å². The maximum absolute atomic E-state index is 15.1. The van der Waals surface area contributed by atoms with Gasteiger partial charge >= 0.3 is 0 Å². The Kier molecular flexibility index (Phi) is 14.8. The third-order valence-electron chi connectivity index (χ3n) is 8.69. The summed E-state index contributed by atoms with van der Waals surface area (Å²) in [7, 11) is 2.04. The number of allylic oxidation sites excluding steroid dienone is 5. The predicted octanol–water partition coefficient (Wildman–Crippen LogP) is 9.39. The average Bonchev–Trinajstić information content (AvgIpc) is 3.37. The third-order valence-corrected chi connectivity index (χ3v) is 8.69. The first-order chi connectivity index (χ1) is 22.9. The van der Waals surface area contributed by atoms with E-state index in [2.05, 4.69) is 44.5 Å². The molecule has 0 spiro atoms. The molecule has 0 aliphatic heterocycles. The summed E-state index contributed by atoms with van der Waals surface area (Å²) in [6.45, 7) is 7.34. The van der Waals surface area contributed by atoms with Crippen LogP contribution in [-0.2, 0) is 18.4 Å². The molecule has 0 saturated heterocycles. The highest BCUT2D eigenvalue weighted by Crippen LogP contribution is 2.31. The van der Waals surface area contributed by atoms with Crippen molar-refractivity contribution >= 4 is 27.4 Å². The Bertz CT molecular complexity index is 1610. The molecule has 0 aliphatic rings. The summed E-state index contributed by atoms with van der Waals surface area (Å²) in [4.78, 5) is 4.28. The van der Waals surface area contributed by atoms with Crippen LogP contribution < -0.4 is 10.6 Å². The number of pyridine rings is 1. The first kappa shape index (κ1) is 36.2. The van der Waals surface area contributed by atoms with E-state index in [1.54, 1.807) is 25.3 Å². The van der Waals surface area contributed by atoms with Gasteiger partial charge in [0.15, 0.2) is 0 Å². The fraction of sp³-hybridized carbons (Fsp3) is 0.425. The molecule has 2 N–H and O–H groups in total. The summed E-state index contributed by atoms with van der Waals surface area (Å²) in [5, 5.41) is 8.73. The standard InChI is InChI=1S/C40H52F2N4O/c1-4-33(34-19-21-36-37-29-44-26-22-38(37)46(3)39(36)28-34)18-20-35(5-2)40(41,42)31-45-25-14-9-13-24-43-23-12-6-7-15-27-47-30-32-16-10-8-11-17-32/h4-5,8,10-11,16-22,26,28-29,43,45H,6-7,9,12-15,23-25,27,30-31H2,1-3H3/b20-18-,33-4+,35-5+. The number of aromatic nitrogens is 2. The summed E-state index contributed by atoms with van der Waals surface area (Å²) in [6.07, 6.45) is 18.1. The molecule has 0 bridgehead atoms. The summed E-state index contributed by atoms with van der Waals surface area (Å²) in [5.41, 5.74) is 5.33. The maximum atomic E-state index is 15.1. The van der Waals surface area contributed by atoms with Crippen molar-refractivity contribution in [3.05, 3.63) is 108 Å². The lowest BCUT2D eigenvalue weighted by Gasteiger charge is -2.18. The predicted molar refractivity (Wildman–Crippen MR) is 194 cm³/mol. The van der Waals surface area contributed by atoms with Gasteiger partial charge in [-0.05, 0) is 88.0 Å². The molecule has 0 amide bonds. The van der Waals surface area contributed by atoms with Crippen molar-refractivity contribution in [2.75, 3.05) is 32.8 Å². The Morgan fingerprint density at radius 3 is 2.28 bits per heavy atom. The molecule has 0 saturated carbocycles. The van der Waals surface area contributed by atoms with E-state index in [-0.39, 0.29) is 12.1 Å². The Morgan fingerprint density at radius 2 is 1.53 bits per heavy atom. The molecule has 0 radical (unpaired) electrons. The number of aryl methyl sites for hydroxylation is 1. The van der Waals surface area contributed by atoms with Gasteiger partial charge in [-0.2, -0.15) is 8.78 Å². The number of alkyl halides is 2. The van der Waals surface area contributed by atoms with Crippen LogP contribution in [0.1, 0.15) is 69.9 Å². The highest BCUT2D eigenvalue weighted by atomic mass is 19.3. The first-order valence-electron chi connectivity index (χ1n) is 17.2. The number of hydrogen-bond acceptors (Lipinski definition) is 4. The van der Waals surface area contributed by atoms with Crippen LogP contribution >= 0.6 is 0 Å². The van der Waals surface area contributed by atoms with Gasteiger partial charge in [-0.15, -0.1) is 0 Å². The van der Waals surface area contributed by atoms with Gasteiger partial charge < -0.3 is 19.9 Å². The van der Waals surface area contributed by atoms with Gasteiger partial charge in [-0.3, -0.25) is 4.98 Å². The van der Waals surface area contributed by atoms with Crippen molar-refractivity contribution in [3.63, 3.8) is 0 Å². The number of nitrogens with one attached hydrogen (secondary N) is 2. The van der Waals surface area contributed by atoms with Crippen molar-refractivity contribution in [2.24, 2.45) is 7.05 Å². The van der Waals surface area contributed by atoms with Gasteiger partial charge in [0.25, 0.3) is 5.92 Å². The molecular weight excluding hydrogens is 590 g/mol. The van der Waals surface area contributed by atoms with Crippen molar-refractivity contribution in [2.45, 2.75) is 71.3 Å². The molecular formula is C40H52F2N4O. The molecule has 4 rings (SSSR count). The largest absolute Gasteiger partial charge is 0.377 e. The quantitative estimate of drug-likeness (QED) is 0.0703. The molecule has 2 aromatic heterocycles. The lowest BCUT2D eigenvalue weighted by Crippen LogP contribution is -2.34. The van der Waals surface area contributed by atoms with Crippen LogP contribution in [-0.4, -0.2) is 48.3 Å². The van der Waals surface area contributed by atoms with Crippen molar-refractivity contribution in [1.82, 2.24) is 20.2 Å². The van der Waals surface area contributed by atoms with E-state index in [4.69, 9.17) is 4.74 Å². The summed E-state index contributed by atoms with van der Waals surface area (Å²) < 4.78 is 38.2. The molecule has 0 atom stereocenters. The Hall–Kier alpha value is -3.65. The zero-order valence-corrected chi connectivity index (χ0v) is 28.4. The van der Waals surface area contributed by atoms with Gasteiger partial charge in [0.2, 0.25) is 0 Å². The summed E-state index contributed by atoms with van der Waals surface area (Å²) in [6, 6.07) is 18.5. The monoisotopic (exact) mass is 642 g/mol. The molecule has 0 aliphatic carbocycles. The second kappa shape index (κ2) is 19.2. The minimum absolute atomic E-state index is 0.0185. The maximum Gasteiger partial charge on any atom is 0.285 e. The second-order valence-corrected chi connectivity index (χ2v) is 12.1. The number of nitrogens with zero attached hydrogens (tertiary/aromatic N) is 2. The molecule has 5 nitrogen and oxygen atoms in total. The zero-order valence-electron chi connectivity index (χ0n) is 28.4. The van der Waals surface area contributed by atoms with Gasteiger partial charge in [-0.1, -0.05) is 86.0 Å². The van der Waals surface area contributed by atoms with Gasteiger partial charge in [0.1, 0.15) is 0 Å². The Labute approximate surface area is 279 Å². The van der Waals surface area contributed by atoms with Crippen molar-refractivity contribution in [3.8, 4) is 0 Å². The molecule has 0 unspecified atom stereocenters. The highest BCUT2D eigenvalue weighted by Gasteiger charge is 2.31. The molecule has 2 heterocycles. The minimum atomic E-state index is -2.95. The molecule has 0 fully saturated rings. The van der Waals surface area contributed by atoms with Crippen LogP contribution in [0.5, 0.6) is 0 Å². The van der Waals surface area contributed by atoms with Crippen LogP contribution in [0.15, 0.2) is 96.9 Å². The first-order valence-corrected chi connectivity index (χ1v) is 17.2. The van der Waals surface area contributed by atoms with Crippen LogP contribution in [0.25, 0.3) is 27.4 Å². The Balaban J connectivity index is 1.07. The van der Waals surface area contributed by atoms with Gasteiger partial charge in [0, 0.05) is 47.9 Å². The highest BCUT2D eigenvalue weighted by molar-refractivity contribution is 6.08. The van der Waals surface area contributed by atoms with Crippen molar-refractivity contribution in [1.29, 1.82) is 0 Å². The van der Waals surface area contributed by atoms with Crippen LogP contribution in [0, 0.1) is 0 Å². The molecule has 7 heteroatoms. The van der Waals surface area contributed by atoms with Crippen LogP contribution in [0.4, 0.5) is 8.78 Å². The number of fused-ring (bicyclic) bond motifs is 3. The third kappa shape index (κ3) is 11.0. The smallest absolute Gasteiger partial charge is 0.285 e. The summed E-state index contributed by atoms with van der Waals surface area (Å²) >= 11 is 0. The fourth-order valence-electron chi connectivity index (χ4n) is 5.92. The van der Waals surface area contributed by atoms with Crippen LogP contribution in [0.3, 0.4) is 0 Å². The van der Waals surface area contributed by atoms with E-state index in [0.717, 1.165) is 78.3 Å². The number of halogens is 2. The average molecular weight is 643 g/mol. The number of ether oxygens (including phenoxy) is 1. The van der Waals surface area contributed by atoms with E-state index >= 15 is 8.78 Å². The van der Waals surface area contributed by atoms with Crippen LogP contribution in [0.2, 0.25) is 0 Å². The number of unbranched alkanes of at least 4 members (excludes halogenated alkanes) is 5. The lowest BCUT2D eigenvalue weighted by atomic mass is 10.0. The fourth-order valence-corrected chi connectivity index (χ4v) is 5.92. The Morgan fingerprint density at radius 1 is 0.809 bits per heavy atom. The lowest BCUT2D eigenvalue weighted by molar-refractivity contribution is 0.0456. The molecule has 2 aromatic carbocycles. The second-order valence-electron chi connectivity index (χ2n) is 12.1. The van der Waals surface area contributed by atoms with Crippen molar-refractivity contribution < 1.29 is 13.5 Å². The normalized spacial score (nSPS) is 13.0. The minimum Gasteiger partial charge on any atom is -0.377 e. The molecule has 252 valence electrons. The number of rotatable bonds is 21. The van der Waals surface area contributed by atoms with E-state index in [1.165, 1.54) is 30.9 Å². The van der Waals surface area contributed by atoms with Gasteiger partial charge in [0.05, 0.1) is 18.7 Å². The SMILES string of the molecule is C\C=C(/C=C\C(=C/C)C(F)(F)CNCCCCCNCCCCCCOCc1ccccc1)c1ccc2c3cnccc3n(C)c2c1. The topological polar surface area (TPSA) is 51.1 Å². The van der Waals surface area contributed by atoms with E-state index in [9.17, 15) is 0 Å².